The molecule has 0 radical (unpaired) electrons. The van der Waals surface area contributed by atoms with Gasteiger partial charge in [-0.25, -0.2) is 4.39 Å². The Balaban J connectivity index is 1.93. The second kappa shape index (κ2) is 6.66. The number of nitrogens with one attached hydrogen (secondary N) is 1. The van der Waals surface area contributed by atoms with Crippen LogP contribution in [0.1, 0.15) is 24.5 Å². The van der Waals surface area contributed by atoms with Gasteiger partial charge in [0, 0.05) is 23.7 Å². The second-order valence-electron chi connectivity index (χ2n) is 5.56. The Morgan fingerprint density at radius 1 is 1.25 bits per heavy atom. The number of hydrogen-bond donors (Lipinski definition) is 1. The fourth-order valence-corrected chi connectivity index (χ4v) is 2.27. The maximum Gasteiger partial charge on any atom is 0.311 e. The van der Waals surface area contributed by atoms with Gasteiger partial charge in [0.15, 0.2) is 0 Å². The molecule has 3 rings (SSSR count). The fourth-order valence-electron chi connectivity index (χ4n) is 2.27. The average molecular weight is 330 g/mol. The molecule has 0 saturated heterocycles. The predicted octanol–water partition coefficient (Wildman–Crippen LogP) is 3.13. The van der Waals surface area contributed by atoms with Crippen LogP contribution >= 0.6 is 0 Å². The Bertz CT molecular complexity index is 762. The number of halogens is 1. The molecule has 124 valence electrons. The SMILES string of the molecule is O=C(NC1CC1)C(Oc1cc(F)ccc1[N+](=O)[O-])c1ccccc1. The Hall–Kier alpha value is -2.96. The lowest BCUT2D eigenvalue weighted by molar-refractivity contribution is -0.386. The average Bonchev–Trinajstić information content (AvgIpc) is 3.37. The molecular formula is C17H15FN2O4. The summed E-state index contributed by atoms with van der Waals surface area (Å²) < 4.78 is 19.1. The number of benzene rings is 2. The highest BCUT2D eigenvalue weighted by Gasteiger charge is 2.31. The number of hydrogen-bond acceptors (Lipinski definition) is 4. The maximum absolute atomic E-state index is 13.5. The van der Waals surface area contributed by atoms with E-state index in [1.807, 2.05) is 0 Å². The van der Waals surface area contributed by atoms with Crippen LogP contribution in [0.4, 0.5) is 10.1 Å². The van der Waals surface area contributed by atoms with Gasteiger partial charge in [0.2, 0.25) is 11.9 Å². The fraction of sp³-hybridized carbons (Fsp3) is 0.235. The summed E-state index contributed by atoms with van der Waals surface area (Å²) in [7, 11) is 0. The topological polar surface area (TPSA) is 81.5 Å². The number of rotatable bonds is 6. The van der Waals surface area contributed by atoms with E-state index in [0.29, 0.717) is 5.56 Å². The van der Waals surface area contributed by atoms with Crippen molar-refractivity contribution in [2.75, 3.05) is 0 Å². The van der Waals surface area contributed by atoms with Crippen molar-refractivity contribution >= 4 is 11.6 Å². The van der Waals surface area contributed by atoms with Crippen molar-refractivity contribution in [1.29, 1.82) is 0 Å². The lowest BCUT2D eigenvalue weighted by Crippen LogP contribution is -2.34. The molecular weight excluding hydrogens is 315 g/mol. The normalized spacial score (nSPS) is 14.7. The molecule has 1 atom stereocenters. The third-order valence-corrected chi connectivity index (χ3v) is 3.63. The van der Waals surface area contributed by atoms with Crippen molar-refractivity contribution in [3.05, 3.63) is 70.0 Å². The third-order valence-electron chi connectivity index (χ3n) is 3.63. The van der Waals surface area contributed by atoms with E-state index in [0.717, 1.165) is 31.0 Å². The number of nitro groups is 1. The van der Waals surface area contributed by atoms with Crippen LogP contribution in [-0.2, 0) is 4.79 Å². The minimum absolute atomic E-state index is 0.106. The number of ether oxygens (including phenoxy) is 1. The molecule has 0 aliphatic heterocycles. The molecule has 1 fully saturated rings. The number of carbonyl (C=O) groups excluding carboxylic acids is 1. The van der Waals surface area contributed by atoms with E-state index in [2.05, 4.69) is 5.32 Å². The molecule has 6 nitrogen and oxygen atoms in total. The lowest BCUT2D eigenvalue weighted by Gasteiger charge is -2.19. The molecule has 0 heterocycles. The molecule has 1 amide bonds. The highest BCUT2D eigenvalue weighted by Crippen LogP contribution is 2.32. The first-order chi connectivity index (χ1) is 11.5. The highest BCUT2D eigenvalue weighted by atomic mass is 19.1. The quantitative estimate of drug-likeness (QED) is 0.652. The van der Waals surface area contributed by atoms with Crippen molar-refractivity contribution in [1.82, 2.24) is 5.32 Å². The van der Waals surface area contributed by atoms with E-state index in [4.69, 9.17) is 4.74 Å². The molecule has 0 bridgehead atoms. The Morgan fingerprint density at radius 2 is 1.96 bits per heavy atom. The molecule has 2 aromatic rings. The molecule has 1 saturated carbocycles. The number of nitrogens with zero attached hydrogens (tertiary/aromatic N) is 1. The van der Waals surface area contributed by atoms with Crippen LogP contribution in [0.3, 0.4) is 0 Å². The van der Waals surface area contributed by atoms with Crippen LogP contribution in [0.15, 0.2) is 48.5 Å². The van der Waals surface area contributed by atoms with Gasteiger partial charge < -0.3 is 10.1 Å². The zero-order chi connectivity index (χ0) is 17.1. The molecule has 1 N–H and O–H groups in total. The zero-order valence-corrected chi connectivity index (χ0v) is 12.6. The number of amides is 1. The summed E-state index contributed by atoms with van der Waals surface area (Å²) in [6.45, 7) is 0. The first kappa shape index (κ1) is 15.9. The van der Waals surface area contributed by atoms with E-state index in [9.17, 15) is 19.3 Å². The molecule has 1 aliphatic rings. The van der Waals surface area contributed by atoms with Gasteiger partial charge in [0.1, 0.15) is 5.82 Å². The smallest absolute Gasteiger partial charge is 0.311 e. The molecule has 1 aliphatic carbocycles. The van der Waals surface area contributed by atoms with Crippen molar-refractivity contribution in [3.63, 3.8) is 0 Å². The first-order valence-corrected chi connectivity index (χ1v) is 7.50. The summed E-state index contributed by atoms with van der Waals surface area (Å²) in [6.07, 6.45) is 0.702. The molecule has 2 aromatic carbocycles. The van der Waals surface area contributed by atoms with Gasteiger partial charge >= 0.3 is 5.69 Å². The van der Waals surface area contributed by atoms with Crippen LogP contribution < -0.4 is 10.1 Å². The Labute approximate surface area is 137 Å². The Morgan fingerprint density at radius 3 is 2.58 bits per heavy atom. The van der Waals surface area contributed by atoms with Crippen LogP contribution in [0.5, 0.6) is 5.75 Å². The summed E-state index contributed by atoms with van der Waals surface area (Å²) in [5.41, 5.74) is 0.144. The monoisotopic (exact) mass is 330 g/mol. The van der Waals surface area contributed by atoms with Gasteiger partial charge in [-0.1, -0.05) is 30.3 Å². The van der Waals surface area contributed by atoms with Gasteiger partial charge in [-0.2, -0.15) is 0 Å². The predicted molar refractivity (Wildman–Crippen MR) is 84.0 cm³/mol. The van der Waals surface area contributed by atoms with Crippen molar-refractivity contribution in [3.8, 4) is 5.75 Å². The van der Waals surface area contributed by atoms with E-state index in [-0.39, 0.29) is 11.8 Å². The van der Waals surface area contributed by atoms with Crippen LogP contribution in [-0.4, -0.2) is 16.9 Å². The summed E-state index contributed by atoms with van der Waals surface area (Å²) >= 11 is 0. The number of nitro benzene ring substituents is 1. The first-order valence-electron chi connectivity index (χ1n) is 7.50. The summed E-state index contributed by atoms with van der Waals surface area (Å²) in [4.78, 5) is 22.9. The summed E-state index contributed by atoms with van der Waals surface area (Å²) in [6, 6.07) is 11.6. The number of carbonyl (C=O) groups is 1. The van der Waals surface area contributed by atoms with Crippen LogP contribution in [0, 0.1) is 15.9 Å². The van der Waals surface area contributed by atoms with Gasteiger partial charge in [0.05, 0.1) is 4.92 Å². The third kappa shape index (κ3) is 3.68. The second-order valence-corrected chi connectivity index (χ2v) is 5.56. The summed E-state index contributed by atoms with van der Waals surface area (Å²) in [5, 5.41) is 13.9. The van der Waals surface area contributed by atoms with Gasteiger partial charge in [-0.15, -0.1) is 0 Å². The largest absolute Gasteiger partial charge is 0.468 e. The van der Waals surface area contributed by atoms with Crippen LogP contribution in [0.25, 0.3) is 0 Å². The minimum Gasteiger partial charge on any atom is -0.468 e. The Kier molecular flexibility index (Phi) is 4.41. The van der Waals surface area contributed by atoms with E-state index in [1.54, 1.807) is 30.3 Å². The van der Waals surface area contributed by atoms with Gasteiger partial charge in [-0.05, 0) is 18.9 Å². The van der Waals surface area contributed by atoms with Gasteiger partial charge in [-0.3, -0.25) is 14.9 Å². The zero-order valence-electron chi connectivity index (χ0n) is 12.6. The molecule has 0 aromatic heterocycles. The minimum atomic E-state index is -1.09. The van der Waals surface area contributed by atoms with Crippen molar-refractivity contribution in [2.45, 2.75) is 25.0 Å². The van der Waals surface area contributed by atoms with E-state index < -0.39 is 28.4 Å². The van der Waals surface area contributed by atoms with E-state index >= 15 is 0 Å². The van der Waals surface area contributed by atoms with E-state index in [1.165, 1.54) is 0 Å². The van der Waals surface area contributed by atoms with Crippen molar-refractivity contribution < 1.29 is 18.8 Å². The molecule has 7 heteroatoms. The molecule has 0 spiro atoms. The van der Waals surface area contributed by atoms with Crippen molar-refractivity contribution in [2.24, 2.45) is 0 Å². The molecule has 1 unspecified atom stereocenters. The summed E-state index contributed by atoms with van der Waals surface area (Å²) in [5.74, 6) is -1.35. The van der Waals surface area contributed by atoms with Crippen LogP contribution in [0.2, 0.25) is 0 Å². The standard InChI is InChI=1S/C17H15FN2O4/c18-12-6-9-14(20(22)23)15(10-12)24-16(11-4-2-1-3-5-11)17(21)19-13-7-8-13/h1-6,9-10,13,16H,7-8H2,(H,19,21). The lowest BCUT2D eigenvalue weighted by atomic mass is 10.1. The van der Waals surface area contributed by atoms with Gasteiger partial charge in [0.25, 0.3) is 5.91 Å². The highest BCUT2D eigenvalue weighted by molar-refractivity contribution is 5.83. The molecule has 24 heavy (non-hydrogen) atoms. The maximum atomic E-state index is 13.5.